The van der Waals surface area contributed by atoms with Crippen molar-refractivity contribution in [2.24, 2.45) is 7.05 Å². The molecule has 0 aliphatic rings. The minimum Gasteiger partial charge on any atom is -0.487 e. The van der Waals surface area contributed by atoms with E-state index in [-0.39, 0.29) is 12.3 Å². The highest BCUT2D eigenvalue weighted by atomic mass is 127. The molecule has 22 heavy (non-hydrogen) atoms. The van der Waals surface area contributed by atoms with Gasteiger partial charge in [0.1, 0.15) is 12.4 Å². The molecule has 9 heteroatoms. The quantitative estimate of drug-likeness (QED) is 0.595. The van der Waals surface area contributed by atoms with Gasteiger partial charge in [-0.15, -0.1) is 0 Å². The van der Waals surface area contributed by atoms with Gasteiger partial charge in [-0.1, -0.05) is 6.07 Å². The van der Waals surface area contributed by atoms with Crippen molar-refractivity contribution in [1.82, 2.24) is 30.0 Å². The molecule has 2 heterocycles. The third kappa shape index (κ3) is 2.84. The number of halogens is 1. The summed E-state index contributed by atoms with van der Waals surface area (Å²) in [6, 6.07) is 7.32. The number of benzene rings is 1. The lowest BCUT2D eigenvalue weighted by Gasteiger charge is -2.11. The van der Waals surface area contributed by atoms with E-state index < -0.39 is 0 Å². The molecule has 0 radical (unpaired) electrons. The van der Waals surface area contributed by atoms with Crippen LogP contribution >= 0.6 is 22.6 Å². The first kappa shape index (κ1) is 14.6. The van der Waals surface area contributed by atoms with Crippen molar-refractivity contribution in [2.45, 2.75) is 6.61 Å². The Morgan fingerprint density at radius 1 is 1.23 bits per heavy atom. The number of hydrogen-bond donors (Lipinski definition) is 0. The second kappa shape index (κ2) is 6.22. The van der Waals surface area contributed by atoms with Crippen LogP contribution in [-0.2, 0) is 13.7 Å². The fourth-order valence-corrected chi connectivity index (χ4v) is 2.51. The molecule has 0 bridgehead atoms. The van der Waals surface area contributed by atoms with E-state index in [1.54, 1.807) is 19.3 Å². The Labute approximate surface area is 138 Å². The standard InChI is InChI=1S/C13H11IN6O2/c1-19-13(21)20(18-17-19)12-4-2-3-11(14)10(12)8-22-9-5-6-15-16-7-9/h2-7H,8H2,1H3. The van der Waals surface area contributed by atoms with Crippen LogP contribution in [0.1, 0.15) is 5.56 Å². The van der Waals surface area contributed by atoms with Gasteiger partial charge in [0.15, 0.2) is 0 Å². The molecule has 0 spiro atoms. The Bertz CT molecular complexity index is 845. The Kier molecular flexibility index (Phi) is 4.13. The van der Waals surface area contributed by atoms with E-state index in [0.29, 0.717) is 11.4 Å². The molecule has 0 amide bonds. The van der Waals surface area contributed by atoms with Crippen molar-refractivity contribution in [3.05, 3.63) is 56.3 Å². The van der Waals surface area contributed by atoms with E-state index in [1.807, 2.05) is 18.2 Å². The number of rotatable bonds is 4. The molecule has 0 N–H and O–H groups in total. The maximum atomic E-state index is 12.0. The molecular formula is C13H11IN6O2. The summed E-state index contributed by atoms with van der Waals surface area (Å²) in [5.41, 5.74) is 1.18. The average molecular weight is 410 g/mol. The normalized spacial score (nSPS) is 10.6. The zero-order valence-electron chi connectivity index (χ0n) is 11.5. The third-order valence-corrected chi connectivity index (χ3v) is 3.99. The monoisotopic (exact) mass is 410 g/mol. The largest absolute Gasteiger partial charge is 0.487 e. The number of aromatic nitrogens is 6. The Morgan fingerprint density at radius 2 is 2.09 bits per heavy atom. The van der Waals surface area contributed by atoms with Gasteiger partial charge in [0.2, 0.25) is 0 Å². The fraction of sp³-hybridized carbons (Fsp3) is 0.154. The molecule has 2 aromatic heterocycles. The lowest BCUT2D eigenvalue weighted by molar-refractivity contribution is 0.302. The molecule has 3 rings (SSSR count). The van der Waals surface area contributed by atoms with Crippen molar-refractivity contribution in [3.8, 4) is 11.4 Å². The molecule has 0 saturated heterocycles. The van der Waals surface area contributed by atoms with Gasteiger partial charge in [0, 0.05) is 22.2 Å². The highest BCUT2D eigenvalue weighted by molar-refractivity contribution is 14.1. The van der Waals surface area contributed by atoms with Crippen LogP contribution in [0, 0.1) is 3.57 Å². The zero-order valence-corrected chi connectivity index (χ0v) is 13.7. The predicted molar refractivity (Wildman–Crippen MR) is 85.7 cm³/mol. The lowest BCUT2D eigenvalue weighted by Crippen LogP contribution is -2.23. The van der Waals surface area contributed by atoms with Gasteiger partial charge in [0.25, 0.3) is 0 Å². The molecule has 112 valence electrons. The zero-order chi connectivity index (χ0) is 15.5. The Balaban J connectivity index is 1.97. The van der Waals surface area contributed by atoms with Crippen LogP contribution in [-0.4, -0.2) is 30.0 Å². The average Bonchev–Trinajstić information content (AvgIpc) is 2.86. The molecule has 0 unspecified atom stereocenters. The summed E-state index contributed by atoms with van der Waals surface area (Å²) in [4.78, 5) is 12.0. The number of nitrogens with zero attached hydrogens (tertiary/aromatic N) is 6. The minimum atomic E-state index is -0.311. The predicted octanol–water partition coefficient (Wildman–Crippen LogP) is 0.940. The molecule has 3 aromatic rings. The first-order chi connectivity index (χ1) is 10.7. The second-order valence-corrected chi connectivity index (χ2v) is 5.56. The first-order valence-electron chi connectivity index (χ1n) is 6.33. The number of hydrogen-bond acceptors (Lipinski definition) is 6. The molecule has 0 aliphatic carbocycles. The van der Waals surface area contributed by atoms with Gasteiger partial charge in [-0.2, -0.15) is 19.6 Å². The summed E-state index contributed by atoms with van der Waals surface area (Å²) in [6.45, 7) is 0.281. The van der Waals surface area contributed by atoms with E-state index in [1.165, 1.54) is 15.6 Å². The van der Waals surface area contributed by atoms with Crippen LogP contribution in [0.2, 0.25) is 0 Å². The SMILES string of the molecule is Cn1nnn(-c2cccc(I)c2COc2ccnnc2)c1=O. The highest BCUT2D eigenvalue weighted by Gasteiger charge is 2.14. The molecule has 0 fully saturated rings. The van der Waals surface area contributed by atoms with E-state index in [4.69, 9.17) is 4.74 Å². The van der Waals surface area contributed by atoms with Crippen molar-refractivity contribution in [1.29, 1.82) is 0 Å². The van der Waals surface area contributed by atoms with Crippen LogP contribution in [0.15, 0.2) is 41.5 Å². The van der Waals surface area contributed by atoms with Crippen LogP contribution in [0.3, 0.4) is 0 Å². The third-order valence-electron chi connectivity index (χ3n) is 2.98. The van der Waals surface area contributed by atoms with Crippen LogP contribution < -0.4 is 10.4 Å². The van der Waals surface area contributed by atoms with Crippen molar-refractivity contribution in [3.63, 3.8) is 0 Å². The smallest absolute Gasteiger partial charge is 0.368 e. The van der Waals surface area contributed by atoms with Crippen molar-refractivity contribution >= 4 is 22.6 Å². The molecule has 1 aromatic carbocycles. The van der Waals surface area contributed by atoms with Gasteiger partial charge >= 0.3 is 5.69 Å². The van der Waals surface area contributed by atoms with Gasteiger partial charge in [0.05, 0.1) is 18.1 Å². The number of aryl methyl sites for hydroxylation is 1. The second-order valence-electron chi connectivity index (χ2n) is 4.40. The van der Waals surface area contributed by atoms with Crippen LogP contribution in [0.4, 0.5) is 0 Å². The van der Waals surface area contributed by atoms with E-state index in [2.05, 4.69) is 43.2 Å². The molecule has 8 nitrogen and oxygen atoms in total. The summed E-state index contributed by atoms with van der Waals surface area (Å²) in [5.74, 6) is 0.604. The van der Waals surface area contributed by atoms with E-state index in [9.17, 15) is 4.79 Å². The van der Waals surface area contributed by atoms with Crippen LogP contribution in [0.25, 0.3) is 5.69 Å². The lowest BCUT2D eigenvalue weighted by atomic mass is 10.2. The summed E-state index contributed by atoms with van der Waals surface area (Å²) in [7, 11) is 1.55. The topological polar surface area (TPSA) is 87.7 Å². The summed E-state index contributed by atoms with van der Waals surface area (Å²) in [5, 5.41) is 15.1. The van der Waals surface area contributed by atoms with Gasteiger partial charge < -0.3 is 4.74 Å². The van der Waals surface area contributed by atoms with Gasteiger partial charge in [-0.05, 0) is 45.2 Å². The van der Waals surface area contributed by atoms with Gasteiger partial charge in [-0.3, -0.25) is 0 Å². The Morgan fingerprint density at radius 3 is 2.77 bits per heavy atom. The molecule has 0 aliphatic heterocycles. The fourth-order valence-electron chi connectivity index (χ4n) is 1.87. The number of tetrazole rings is 1. The molecule has 0 saturated carbocycles. The maximum Gasteiger partial charge on any atom is 0.368 e. The van der Waals surface area contributed by atoms with Crippen molar-refractivity contribution < 1.29 is 4.74 Å². The maximum absolute atomic E-state index is 12.0. The summed E-state index contributed by atoms with van der Waals surface area (Å²) in [6.07, 6.45) is 3.09. The van der Waals surface area contributed by atoms with E-state index >= 15 is 0 Å². The number of ether oxygens (including phenoxy) is 1. The van der Waals surface area contributed by atoms with Crippen LogP contribution in [0.5, 0.6) is 5.75 Å². The van der Waals surface area contributed by atoms with E-state index in [0.717, 1.165) is 9.13 Å². The summed E-state index contributed by atoms with van der Waals surface area (Å²) >= 11 is 2.20. The molecular weight excluding hydrogens is 399 g/mol. The molecule has 0 atom stereocenters. The Hall–Kier alpha value is -2.30. The highest BCUT2D eigenvalue weighted by Crippen LogP contribution is 2.21. The van der Waals surface area contributed by atoms with Crippen molar-refractivity contribution in [2.75, 3.05) is 0 Å². The summed E-state index contributed by atoms with van der Waals surface area (Å²) < 4.78 is 9.10. The first-order valence-corrected chi connectivity index (χ1v) is 7.41. The minimum absolute atomic E-state index is 0.281. The van der Waals surface area contributed by atoms with Gasteiger partial charge in [-0.25, -0.2) is 4.79 Å².